The molecule has 0 unspecified atom stereocenters. The summed E-state index contributed by atoms with van der Waals surface area (Å²) in [5, 5.41) is 17.2. The van der Waals surface area contributed by atoms with Crippen molar-refractivity contribution in [1.82, 2.24) is 14.6 Å². The van der Waals surface area contributed by atoms with E-state index in [0.717, 1.165) is 40.4 Å². The highest BCUT2D eigenvalue weighted by Gasteiger charge is 2.15. The number of nitrogens with zero attached hydrogens (tertiary/aromatic N) is 3. The smallest absolute Gasteiger partial charge is 0.161 e. The summed E-state index contributed by atoms with van der Waals surface area (Å²) >= 11 is 0. The minimum Gasteiger partial charge on any atom is -0.493 e. The molecule has 0 saturated heterocycles. The number of hydrogen-bond acceptors (Lipinski definition) is 6. The fourth-order valence-electron chi connectivity index (χ4n) is 3.07. The van der Waals surface area contributed by atoms with Gasteiger partial charge in [-0.15, -0.1) is 0 Å². The van der Waals surface area contributed by atoms with Gasteiger partial charge in [-0.25, -0.2) is 4.98 Å². The number of ether oxygens (including phenoxy) is 2. The molecule has 2 N–H and O–H groups in total. The van der Waals surface area contributed by atoms with E-state index in [9.17, 15) is 5.11 Å². The Hall–Kier alpha value is -2.80. The number of fused-ring (bicyclic) bond motifs is 1. The molecule has 3 aromatic rings. The van der Waals surface area contributed by atoms with Crippen molar-refractivity contribution in [1.29, 1.82) is 0 Å². The molecule has 138 valence electrons. The Kier molecular flexibility index (Phi) is 5.27. The van der Waals surface area contributed by atoms with Gasteiger partial charge in [0.1, 0.15) is 5.82 Å². The van der Waals surface area contributed by atoms with E-state index >= 15 is 0 Å². The first-order valence-corrected chi connectivity index (χ1v) is 8.59. The maximum atomic E-state index is 9.19. The van der Waals surface area contributed by atoms with Crippen LogP contribution in [0.2, 0.25) is 0 Å². The van der Waals surface area contributed by atoms with E-state index in [4.69, 9.17) is 14.6 Å². The zero-order valence-corrected chi connectivity index (χ0v) is 15.5. The zero-order chi connectivity index (χ0) is 18.7. The molecule has 0 spiro atoms. The fourth-order valence-corrected chi connectivity index (χ4v) is 3.07. The second-order valence-electron chi connectivity index (χ2n) is 5.90. The van der Waals surface area contributed by atoms with Gasteiger partial charge in [0.2, 0.25) is 0 Å². The van der Waals surface area contributed by atoms with Crippen molar-refractivity contribution in [2.45, 2.75) is 20.3 Å². The molecule has 0 amide bonds. The van der Waals surface area contributed by atoms with Crippen LogP contribution in [0.3, 0.4) is 0 Å². The summed E-state index contributed by atoms with van der Waals surface area (Å²) in [7, 11) is 3.22. The van der Waals surface area contributed by atoms with Gasteiger partial charge in [-0.3, -0.25) is 0 Å². The van der Waals surface area contributed by atoms with Crippen LogP contribution in [0, 0.1) is 6.92 Å². The second-order valence-corrected chi connectivity index (χ2v) is 5.90. The van der Waals surface area contributed by atoms with E-state index in [0.29, 0.717) is 18.0 Å². The molecule has 0 bridgehead atoms. The number of aromatic nitrogens is 3. The third-order valence-corrected chi connectivity index (χ3v) is 4.34. The molecule has 0 saturated carbocycles. The third kappa shape index (κ3) is 3.17. The van der Waals surface area contributed by atoms with Crippen molar-refractivity contribution < 1.29 is 14.6 Å². The average Bonchev–Trinajstić information content (AvgIpc) is 3.08. The Morgan fingerprint density at radius 2 is 1.92 bits per heavy atom. The largest absolute Gasteiger partial charge is 0.493 e. The van der Waals surface area contributed by atoms with E-state index in [1.165, 1.54) is 0 Å². The second kappa shape index (κ2) is 7.61. The first-order valence-electron chi connectivity index (χ1n) is 8.59. The van der Waals surface area contributed by atoms with Gasteiger partial charge in [-0.2, -0.15) is 9.61 Å². The van der Waals surface area contributed by atoms with E-state index in [1.54, 1.807) is 18.7 Å². The van der Waals surface area contributed by atoms with E-state index in [2.05, 4.69) is 17.2 Å². The van der Waals surface area contributed by atoms with Crippen molar-refractivity contribution in [3.8, 4) is 22.8 Å². The molecule has 0 aliphatic rings. The van der Waals surface area contributed by atoms with Crippen molar-refractivity contribution in [2.75, 3.05) is 32.7 Å². The number of aliphatic hydroxyl groups excluding tert-OH is 1. The van der Waals surface area contributed by atoms with Crippen LogP contribution in [-0.4, -0.2) is 47.1 Å². The quantitative estimate of drug-likeness (QED) is 0.677. The first-order chi connectivity index (χ1) is 12.6. The van der Waals surface area contributed by atoms with Gasteiger partial charge in [0, 0.05) is 29.4 Å². The predicted octanol–water partition coefficient (Wildman–Crippen LogP) is 2.69. The summed E-state index contributed by atoms with van der Waals surface area (Å²) in [6.45, 7) is 4.58. The number of nitrogens with one attached hydrogen (secondary N) is 1. The van der Waals surface area contributed by atoms with Crippen molar-refractivity contribution in [3.63, 3.8) is 0 Å². The number of rotatable bonds is 7. The van der Waals surface area contributed by atoms with Crippen molar-refractivity contribution >= 4 is 11.5 Å². The van der Waals surface area contributed by atoms with Crippen LogP contribution in [0.25, 0.3) is 16.9 Å². The molecular weight excluding hydrogens is 332 g/mol. The fraction of sp³-hybridized carbons (Fsp3) is 0.368. The first kappa shape index (κ1) is 18.0. The predicted molar refractivity (Wildman–Crippen MR) is 101 cm³/mol. The molecule has 7 nitrogen and oxygen atoms in total. The minimum absolute atomic E-state index is 0.0514. The van der Waals surface area contributed by atoms with Crippen LogP contribution in [0.4, 0.5) is 5.82 Å². The number of benzene rings is 1. The molecule has 2 aromatic heterocycles. The Morgan fingerprint density at radius 1 is 1.15 bits per heavy atom. The number of hydrogen-bond donors (Lipinski definition) is 2. The summed E-state index contributed by atoms with van der Waals surface area (Å²) in [6.07, 6.45) is 0.827. The van der Waals surface area contributed by atoms with Crippen LogP contribution in [-0.2, 0) is 6.42 Å². The van der Waals surface area contributed by atoms with E-state index < -0.39 is 0 Å². The standard InChI is InChI=1S/C19H24N4O3/c1-5-14-12(2)21-18-11-15(22-23(18)19(14)20-8-9-24)13-6-7-16(25-3)17(10-13)26-4/h6-7,10-11,20,24H,5,8-9H2,1-4H3. The Bertz CT molecular complexity index is 921. The molecule has 2 heterocycles. The number of aliphatic hydroxyl groups is 1. The van der Waals surface area contributed by atoms with Gasteiger partial charge >= 0.3 is 0 Å². The molecule has 0 radical (unpaired) electrons. The van der Waals surface area contributed by atoms with Crippen LogP contribution in [0.5, 0.6) is 11.5 Å². The lowest BCUT2D eigenvalue weighted by molar-refractivity contribution is 0.311. The highest BCUT2D eigenvalue weighted by molar-refractivity contribution is 5.69. The molecule has 0 fully saturated rings. The van der Waals surface area contributed by atoms with Crippen LogP contribution in [0.15, 0.2) is 24.3 Å². The molecular formula is C19H24N4O3. The molecule has 26 heavy (non-hydrogen) atoms. The van der Waals surface area contributed by atoms with Gasteiger partial charge in [-0.05, 0) is 31.5 Å². The van der Waals surface area contributed by atoms with Gasteiger partial charge in [0.25, 0.3) is 0 Å². The summed E-state index contributed by atoms with van der Waals surface area (Å²) in [5.41, 5.74) is 4.51. The maximum Gasteiger partial charge on any atom is 0.161 e. The summed E-state index contributed by atoms with van der Waals surface area (Å²) in [6, 6.07) is 7.64. The molecule has 0 aliphatic heterocycles. The molecule has 7 heteroatoms. The highest BCUT2D eigenvalue weighted by atomic mass is 16.5. The lowest BCUT2D eigenvalue weighted by Crippen LogP contribution is -2.14. The van der Waals surface area contributed by atoms with Crippen LogP contribution in [0.1, 0.15) is 18.2 Å². The van der Waals surface area contributed by atoms with Crippen LogP contribution < -0.4 is 14.8 Å². The SMILES string of the molecule is CCc1c(C)nc2cc(-c3ccc(OC)c(OC)c3)nn2c1NCCO. The third-order valence-electron chi connectivity index (χ3n) is 4.34. The zero-order valence-electron chi connectivity index (χ0n) is 15.5. The Labute approximate surface area is 152 Å². The average molecular weight is 356 g/mol. The number of anilines is 1. The Balaban J connectivity index is 2.14. The summed E-state index contributed by atoms with van der Waals surface area (Å²) in [4.78, 5) is 4.68. The lowest BCUT2D eigenvalue weighted by Gasteiger charge is -2.13. The summed E-state index contributed by atoms with van der Waals surface area (Å²) < 4.78 is 12.5. The van der Waals surface area contributed by atoms with Gasteiger partial charge in [-0.1, -0.05) is 6.92 Å². The maximum absolute atomic E-state index is 9.19. The van der Waals surface area contributed by atoms with Gasteiger partial charge in [0.15, 0.2) is 17.1 Å². The molecule has 0 atom stereocenters. The van der Waals surface area contributed by atoms with Crippen molar-refractivity contribution in [3.05, 3.63) is 35.5 Å². The van der Waals surface area contributed by atoms with E-state index in [-0.39, 0.29) is 6.61 Å². The van der Waals surface area contributed by atoms with Crippen LogP contribution >= 0.6 is 0 Å². The highest BCUT2D eigenvalue weighted by Crippen LogP contribution is 2.32. The van der Waals surface area contributed by atoms with Gasteiger partial charge in [0.05, 0.1) is 26.5 Å². The van der Waals surface area contributed by atoms with E-state index in [1.807, 2.05) is 31.2 Å². The lowest BCUT2D eigenvalue weighted by atomic mass is 10.1. The monoisotopic (exact) mass is 356 g/mol. The topological polar surface area (TPSA) is 80.9 Å². The molecule has 1 aromatic carbocycles. The number of methoxy groups -OCH3 is 2. The summed E-state index contributed by atoms with van der Waals surface area (Å²) in [5.74, 6) is 2.20. The van der Waals surface area contributed by atoms with Crippen molar-refractivity contribution in [2.24, 2.45) is 0 Å². The minimum atomic E-state index is 0.0514. The normalized spacial score (nSPS) is 11.0. The van der Waals surface area contributed by atoms with Gasteiger partial charge < -0.3 is 19.9 Å². The Morgan fingerprint density at radius 3 is 2.58 bits per heavy atom. The number of aryl methyl sites for hydroxylation is 1. The molecule has 3 rings (SSSR count). The molecule has 0 aliphatic carbocycles.